The first kappa shape index (κ1) is 14.6. The van der Waals surface area contributed by atoms with E-state index in [1.807, 2.05) is 0 Å². The third kappa shape index (κ3) is 5.15. The van der Waals surface area contributed by atoms with Gasteiger partial charge in [-0.3, -0.25) is 0 Å². The zero-order valence-electron chi connectivity index (χ0n) is 10.3. The second-order valence-electron chi connectivity index (χ2n) is 4.59. The number of hydrogen-bond acceptors (Lipinski definition) is 2. The van der Waals surface area contributed by atoms with E-state index in [0.717, 1.165) is 18.5 Å². The first-order valence-corrected chi connectivity index (χ1v) is 6.61. The van der Waals surface area contributed by atoms with Gasteiger partial charge in [-0.1, -0.05) is 28.9 Å². The summed E-state index contributed by atoms with van der Waals surface area (Å²) in [4.78, 5) is 0. The van der Waals surface area contributed by atoms with Crippen LogP contribution in [0.3, 0.4) is 0 Å². The molecular formula is C13H19BrFNO. The average Bonchev–Trinajstić information content (AvgIpc) is 2.22. The van der Waals surface area contributed by atoms with Gasteiger partial charge in [0.15, 0.2) is 0 Å². The molecule has 1 atom stereocenters. The molecule has 4 heteroatoms. The van der Waals surface area contributed by atoms with Gasteiger partial charge in [0.25, 0.3) is 0 Å². The van der Waals surface area contributed by atoms with Crippen LogP contribution in [0.15, 0.2) is 22.7 Å². The molecule has 0 aliphatic carbocycles. The van der Waals surface area contributed by atoms with Gasteiger partial charge in [-0.2, -0.15) is 0 Å². The van der Waals surface area contributed by atoms with Crippen LogP contribution in [0.5, 0.6) is 0 Å². The van der Waals surface area contributed by atoms with Crippen LogP contribution < -0.4 is 5.32 Å². The predicted octanol–water partition coefficient (Wildman–Crippen LogP) is 2.88. The smallest absolute Gasteiger partial charge is 0.124 e. The molecule has 96 valence electrons. The van der Waals surface area contributed by atoms with Crippen molar-refractivity contribution in [2.24, 2.45) is 0 Å². The van der Waals surface area contributed by atoms with Crippen LogP contribution in [0.4, 0.5) is 4.39 Å². The standard InChI is InChI=1S/C13H19BrFNO/c1-3-6-16-9-13(2,17)8-10-4-5-11(15)7-12(10)14/h4-5,7,16-17H,3,6,8-9H2,1-2H3. The molecule has 0 bridgehead atoms. The zero-order valence-corrected chi connectivity index (χ0v) is 11.8. The number of benzene rings is 1. The van der Waals surface area contributed by atoms with Crippen molar-refractivity contribution >= 4 is 15.9 Å². The maximum absolute atomic E-state index is 12.9. The Morgan fingerprint density at radius 3 is 2.76 bits per heavy atom. The van der Waals surface area contributed by atoms with Crippen LogP contribution in [0.2, 0.25) is 0 Å². The van der Waals surface area contributed by atoms with E-state index in [2.05, 4.69) is 28.2 Å². The summed E-state index contributed by atoms with van der Waals surface area (Å²) in [5, 5.41) is 13.4. The Labute approximate surface area is 110 Å². The van der Waals surface area contributed by atoms with Crippen molar-refractivity contribution in [3.63, 3.8) is 0 Å². The van der Waals surface area contributed by atoms with Crippen molar-refractivity contribution in [3.8, 4) is 0 Å². The highest BCUT2D eigenvalue weighted by Gasteiger charge is 2.21. The van der Waals surface area contributed by atoms with Gasteiger partial charge in [0.1, 0.15) is 5.82 Å². The van der Waals surface area contributed by atoms with E-state index < -0.39 is 5.60 Å². The number of hydrogen-bond donors (Lipinski definition) is 2. The molecule has 0 aromatic heterocycles. The summed E-state index contributed by atoms with van der Waals surface area (Å²) >= 11 is 3.31. The highest BCUT2D eigenvalue weighted by atomic mass is 79.9. The number of nitrogens with one attached hydrogen (secondary N) is 1. The van der Waals surface area contributed by atoms with Crippen molar-refractivity contribution in [1.82, 2.24) is 5.32 Å². The lowest BCUT2D eigenvalue weighted by Gasteiger charge is -2.24. The molecule has 17 heavy (non-hydrogen) atoms. The summed E-state index contributed by atoms with van der Waals surface area (Å²) in [5.74, 6) is -0.274. The van der Waals surface area contributed by atoms with Crippen LogP contribution in [0.25, 0.3) is 0 Å². The average molecular weight is 304 g/mol. The molecule has 0 heterocycles. The topological polar surface area (TPSA) is 32.3 Å². The fraction of sp³-hybridized carbons (Fsp3) is 0.538. The molecule has 1 aromatic carbocycles. The highest BCUT2D eigenvalue weighted by Crippen LogP contribution is 2.22. The van der Waals surface area contributed by atoms with Gasteiger partial charge in [-0.25, -0.2) is 4.39 Å². The van der Waals surface area contributed by atoms with Gasteiger partial charge < -0.3 is 10.4 Å². The van der Waals surface area contributed by atoms with E-state index in [4.69, 9.17) is 0 Å². The monoisotopic (exact) mass is 303 g/mol. The Balaban J connectivity index is 2.62. The van der Waals surface area contributed by atoms with Gasteiger partial charge in [-0.05, 0) is 37.6 Å². The zero-order chi connectivity index (χ0) is 12.9. The molecule has 0 saturated carbocycles. The third-order valence-electron chi connectivity index (χ3n) is 2.52. The molecular weight excluding hydrogens is 285 g/mol. The molecule has 0 fully saturated rings. The van der Waals surface area contributed by atoms with Crippen LogP contribution in [0.1, 0.15) is 25.8 Å². The second-order valence-corrected chi connectivity index (χ2v) is 5.44. The minimum atomic E-state index is -0.824. The Morgan fingerprint density at radius 1 is 1.47 bits per heavy atom. The maximum atomic E-state index is 12.9. The van der Waals surface area contributed by atoms with Gasteiger partial charge in [-0.15, -0.1) is 0 Å². The maximum Gasteiger partial charge on any atom is 0.124 e. The van der Waals surface area contributed by atoms with Crippen molar-refractivity contribution in [3.05, 3.63) is 34.1 Å². The Hall–Kier alpha value is -0.450. The number of rotatable bonds is 6. The lowest BCUT2D eigenvalue weighted by Crippen LogP contribution is -2.40. The summed E-state index contributed by atoms with van der Waals surface area (Å²) in [6.07, 6.45) is 1.53. The minimum Gasteiger partial charge on any atom is -0.389 e. The molecule has 0 aliphatic heterocycles. The van der Waals surface area contributed by atoms with E-state index in [9.17, 15) is 9.50 Å². The molecule has 0 saturated heterocycles. The van der Waals surface area contributed by atoms with Gasteiger partial charge in [0, 0.05) is 17.4 Å². The highest BCUT2D eigenvalue weighted by molar-refractivity contribution is 9.10. The first-order chi connectivity index (χ1) is 7.94. The fourth-order valence-corrected chi connectivity index (χ4v) is 2.16. The predicted molar refractivity (Wildman–Crippen MR) is 71.6 cm³/mol. The summed E-state index contributed by atoms with van der Waals surface area (Å²) in [7, 11) is 0. The van der Waals surface area contributed by atoms with Gasteiger partial charge in [0.05, 0.1) is 5.60 Å². The molecule has 1 rings (SSSR count). The van der Waals surface area contributed by atoms with Gasteiger partial charge >= 0.3 is 0 Å². The van der Waals surface area contributed by atoms with E-state index in [1.54, 1.807) is 13.0 Å². The Kier molecular flexibility index (Phi) is 5.56. The SMILES string of the molecule is CCCNCC(C)(O)Cc1ccc(F)cc1Br. The van der Waals surface area contributed by atoms with Crippen molar-refractivity contribution in [2.45, 2.75) is 32.3 Å². The van der Waals surface area contributed by atoms with Crippen LogP contribution in [-0.4, -0.2) is 23.8 Å². The molecule has 0 amide bonds. The third-order valence-corrected chi connectivity index (χ3v) is 3.26. The first-order valence-electron chi connectivity index (χ1n) is 5.81. The molecule has 0 aliphatic rings. The van der Waals surface area contributed by atoms with E-state index in [1.165, 1.54) is 12.1 Å². The molecule has 0 radical (unpaired) electrons. The lowest BCUT2D eigenvalue weighted by atomic mass is 9.96. The molecule has 1 aromatic rings. The summed E-state index contributed by atoms with van der Waals surface area (Å²) < 4.78 is 13.6. The van der Waals surface area contributed by atoms with Crippen molar-refractivity contribution in [2.75, 3.05) is 13.1 Å². The molecule has 1 unspecified atom stereocenters. The Bertz CT molecular complexity index is 368. The summed E-state index contributed by atoms with van der Waals surface area (Å²) in [6, 6.07) is 4.54. The van der Waals surface area contributed by atoms with Crippen LogP contribution in [0, 0.1) is 5.82 Å². The molecule has 0 spiro atoms. The van der Waals surface area contributed by atoms with E-state index in [0.29, 0.717) is 17.4 Å². The quantitative estimate of drug-likeness (QED) is 0.792. The number of halogens is 2. The Morgan fingerprint density at radius 2 is 2.18 bits per heavy atom. The summed E-state index contributed by atoms with van der Waals surface area (Å²) in [6.45, 7) is 5.29. The fourth-order valence-electron chi connectivity index (χ4n) is 1.67. The largest absolute Gasteiger partial charge is 0.389 e. The van der Waals surface area contributed by atoms with Crippen molar-refractivity contribution < 1.29 is 9.50 Å². The number of aliphatic hydroxyl groups is 1. The van der Waals surface area contributed by atoms with Gasteiger partial charge in [0.2, 0.25) is 0 Å². The molecule has 2 nitrogen and oxygen atoms in total. The lowest BCUT2D eigenvalue weighted by molar-refractivity contribution is 0.0602. The second kappa shape index (κ2) is 6.47. The van der Waals surface area contributed by atoms with E-state index >= 15 is 0 Å². The normalized spacial score (nSPS) is 14.6. The van der Waals surface area contributed by atoms with Crippen molar-refractivity contribution in [1.29, 1.82) is 0 Å². The summed E-state index contributed by atoms with van der Waals surface area (Å²) in [5.41, 5.74) is 0.0879. The molecule has 2 N–H and O–H groups in total. The van der Waals surface area contributed by atoms with Crippen LogP contribution in [-0.2, 0) is 6.42 Å². The minimum absolute atomic E-state index is 0.274. The van der Waals surface area contributed by atoms with Crippen LogP contribution >= 0.6 is 15.9 Å². The van der Waals surface area contributed by atoms with E-state index in [-0.39, 0.29) is 5.82 Å².